The largest absolute Gasteiger partial charge is 0.215 e. The summed E-state index contributed by atoms with van der Waals surface area (Å²) in [5.74, 6) is 0. The van der Waals surface area contributed by atoms with Crippen LogP contribution < -0.4 is 0 Å². The van der Waals surface area contributed by atoms with Gasteiger partial charge in [0, 0.05) is 13.1 Å². The van der Waals surface area contributed by atoms with E-state index in [4.69, 9.17) is 0 Å². The lowest BCUT2D eigenvalue weighted by atomic mass is 10.2. The molecule has 0 unspecified atom stereocenters. The van der Waals surface area contributed by atoms with Crippen molar-refractivity contribution in [3.05, 3.63) is 35.9 Å². The van der Waals surface area contributed by atoms with Crippen LogP contribution in [-0.2, 0) is 17.4 Å². The number of nitrogens with zero attached hydrogens (tertiary/aromatic N) is 1. The summed E-state index contributed by atoms with van der Waals surface area (Å²) in [6, 6.07) is 9.56. The number of benzene rings is 1. The summed E-state index contributed by atoms with van der Waals surface area (Å²) in [6.07, 6.45) is 0. The van der Waals surface area contributed by atoms with E-state index in [9.17, 15) is 8.42 Å². The normalized spacial score (nSPS) is 11.0. The Hall–Kier alpha value is -0.870. The molecule has 0 fully saturated rings. The second-order valence-corrected chi connectivity index (χ2v) is 3.75. The zero-order valence-electron chi connectivity index (χ0n) is 7.51. The van der Waals surface area contributed by atoms with E-state index in [2.05, 4.69) is 0 Å². The summed E-state index contributed by atoms with van der Waals surface area (Å²) in [7, 11) is -2.45. The van der Waals surface area contributed by atoms with Crippen LogP contribution in [0.4, 0.5) is 0 Å². The SMILES string of the molecule is CCN(Cc1ccccc1)[SH](=O)=O. The molecular weight excluding hydrogens is 186 g/mol. The van der Waals surface area contributed by atoms with Crippen molar-refractivity contribution in [2.45, 2.75) is 13.5 Å². The van der Waals surface area contributed by atoms with Crippen molar-refractivity contribution in [3.63, 3.8) is 0 Å². The van der Waals surface area contributed by atoms with Gasteiger partial charge in [-0.05, 0) is 5.56 Å². The van der Waals surface area contributed by atoms with Gasteiger partial charge in [0.25, 0.3) is 0 Å². The van der Waals surface area contributed by atoms with Crippen LogP contribution >= 0.6 is 0 Å². The van der Waals surface area contributed by atoms with Crippen molar-refractivity contribution in [2.75, 3.05) is 6.54 Å². The highest BCUT2D eigenvalue weighted by atomic mass is 32.2. The monoisotopic (exact) mass is 199 g/mol. The molecule has 0 atom stereocenters. The lowest BCUT2D eigenvalue weighted by molar-refractivity contribution is 0.440. The van der Waals surface area contributed by atoms with Gasteiger partial charge in [0.05, 0.1) is 0 Å². The lowest BCUT2D eigenvalue weighted by Gasteiger charge is -2.11. The van der Waals surface area contributed by atoms with E-state index < -0.39 is 10.9 Å². The predicted molar refractivity (Wildman–Crippen MR) is 52.8 cm³/mol. The van der Waals surface area contributed by atoms with Crippen LogP contribution in [-0.4, -0.2) is 19.3 Å². The molecule has 1 aromatic rings. The first-order valence-electron chi connectivity index (χ1n) is 4.17. The first kappa shape index (κ1) is 10.2. The third-order valence-corrected chi connectivity index (χ3v) is 2.69. The molecule has 0 saturated carbocycles. The molecule has 0 spiro atoms. The first-order chi connectivity index (χ1) is 6.24. The molecule has 13 heavy (non-hydrogen) atoms. The molecule has 0 aliphatic heterocycles. The summed E-state index contributed by atoms with van der Waals surface area (Å²) in [5, 5.41) is 0. The van der Waals surface area contributed by atoms with Crippen molar-refractivity contribution in [1.82, 2.24) is 4.31 Å². The molecule has 3 nitrogen and oxygen atoms in total. The molecule has 0 heterocycles. The molecule has 4 heteroatoms. The van der Waals surface area contributed by atoms with Crippen LogP contribution in [0.2, 0.25) is 0 Å². The maximum Gasteiger partial charge on any atom is 0.204 e. The highest BCUT2D eigenvalue weighted by Crippen LogP contribution is 2.03. The van der Waals surface area contributed by atoms with E-state index in [1.54, 1.807) is 0 Å². The van der Waals surface area contributed by atoms with E-state index in [0.29, 0.717) is 13.1 Å². The number of thiol groups is 1. The maximum absolute atomic E-state index is 10.7. The molecule has 0 saturated heterocycles. The second kappa shape index (κ2) is 4.99. The summed E-state index contributed by atoms with van der Waals surface area (Å²) in [6.45, 7) is 2.82. The summed E-state index contributed by atoms with van der Waals surface area (Å²) in [5.41, 5.74) is 1.02. The fraction of sp³-hybridized carbons (Fsp3) is 0.333. The minimum atomic E-state index is -2.45. The van der Waals surface area contributed by atoms with E-state index in [0.717, 1.165) is 5.56 Å². The third kappa shape index (κ3) is 3.16. The van der Waals surface area contributed by atoms with Gasteiger partial charge >= 0.3 is 0 Å². The molecule has 1 rings (SSSR count). The Morgan fingerprint density at radius 3 is 2.31 bits per heavy atom. The Bertz CT molecular complexity index is 314. The predicted octanol–water partition coefficient (Wildman–Crippen LogP) is 1.03. The molecule has 72 valence electrons. The van der Waals surface area contributed by atoms with Crippen LogP contribution in [0.15, 0.2) is 30.3 Å². The Balaban J connectivity index is 2.68. The van der Waals surface area contributed by atoms with Crippen molar-refractivity contribution in [1.29, 1.82) is 0 Å². The van der Waals surface area contributed by atoms with Crippen LogP contribution in [0.1, 0.15) is 12.5 Å². The fourth-order valence-electron chi connectivity index (χ4n) is 1.08. The molecule has 0 radical (unpaired) electrons. The van der Waals surface area contributed by atoms with Gasteiger partial charge < -0.3 is 0 Å². The van der Waals surface area contributed by atoms with Crippen LogP contribution in [0.5, 0.6) is 0 Å². The van der Waals surface area contributed by atoms with Gasteiger partial charge in [-0.2, -0.15) is 0 Å². The molecule has 0 N–H and O–H groups in total. The average Bonchev–Trinajstić information content (AvgIpc) is 2.15. The van der Waals surface area contributed by atoms with Gasteiger partial charge in [-0.1, -0.05) is 37.3 Å². The fourth-order valence-corrected chi connectivity index (χ4v) is 1.59. The van der Waals surface area contributed by atoms with E-state index in [1.807, 2.05) is 37.3 Å². The standard InChI is InChI=1S/C9H13NO2S/c1-2-10(13(11)12)8-9-6-4-3-5-7-9/h3-7,13H,2,8H2,1H3. The smallest absolute Gasteiger partial charge is 0.204 e. The highest BCUT2D eigenvalue weighted by molar-refractivity contribution is 7.69. The minimum absolute atomic E-state index is 0.468. The van der Waals surface area contributed by atoms with Crippen molar-refractivity contribution < 1.29 is 8.42 Å². The molecular formula is C9H13NO2S. The van der Waals surface area contributed by atoms with Gasteiger partial charge in [0.1, 0.15) is 0 Å². The van der Waals surface area contributed by atoms with E-state index >= 15 is 0 Å². The molecule has 0 amide bonds. The Morgan fingerprint density at radius 2 is 1.85 bits per heavy atom. The summed E-state index contributed by atoms with van der Waals surface area (Å²) >= 11 is 0. The number of hydrogen-bond donors (Lipinski definition) is 1. The van der Waals surface area contributed by atoms with E-state index in [1.165, 1.54) is 4.31 Å². The van der Waals surface area contributed by atoms with Crippen molar-refractivity contribution in [3.8, 4) is 0 Å². The molecule has 0 aromatic heterocycles. The van der Waals surface area contributed by atoms with E-state index in [-0.39, 0.29) is 0 Å². The number of rotatable bonds is 4. The average molecular weight is 199 g/mol. The summed E-state index contributed by atoms with van der Waals surface area (Å²) in [4.78, 5) is 0. The maximum atomic E-state index is 10.7. The first-order valence-corrected chi connectivity index (χ1v) is 5.30. The van der Waals surface area contributed by atoms with Gasteiger partial charge in [-0.3, -0.25) is 0 Å². The third-order valence-electron chi connectivity index (χ3n) is 1.80. The van der Waals surface area contributed by atoms with Gasteiger partial charge in [0.2, 0.25) is 10.9 Å². The van der Waals surface area contributed by atoms with Crippen LogP contribution in [0.3, 0.4) is 0 Å². The topological polar surface area (TPSA) is 37.4 Å². The Kier molecular flexibility index (Phi) is 3.92. The van der Waals surface area contributed by atoms with Crippen LogP contribution in [0, 0.1) is 0 Å². The van der Waals surface area contributed by atoms with Crippen molar-refractivity contribution in [2.24, 2.45) is 0 Å². The lowest BCUT2D eigenvalue weighted by Crippen LogP contribution is -2.20. The van der Waals surface area contributed by atoms with Gasteiger partial charge in [-0.25, -0.2) is 12.7 Å². The molecule has 0 aliphatic rings. The molecule has 0 aliphatic carbocycles. The number of hydrogen-bond acceptors (Lipinski definition) is 2. The minimum Gasteiger partial charge on any atom is -0.215 e. The second-order valence-electron chi connectivity index (χ2n) is 2.70. The highest BCUT2D eigenvalue weighted by Gasteiger charge is 2.03. The quantitative estimate of drug-likeness (QED) is 0.735. The van der Waals surface area contributed by atoms with Gasteiger partial charge in [0.15, 0.2) is 0 Å². The zero-order chi connectivity index (χ0) is 9.68. The Labute approximate surface area is 80.1 Å². The van der Waals surface area contributed by atoms with Gasteiger partial charge in [-0.15, -0.1) is 0 Å². The molecule has 1 aromatic carbocycles. The molecule has 0 bridgehead atoms. The van der Waals surface area contributed by atoms with Crippen molar-refractivity contribution >= 4 is 10.9 Å². The zero-order valence-corrected chi connectivity index (χ0v) is 8.41. The van der Waals surface area contributed by atoms with Crippen LogP contribution in [0.25, 0.3) is 0 Å². The summed E-state index contributed by atoms with van der Waals surface area (Å²) < 4.78 is 22.8. The Morgan fingerprint density at radius 1 is 1.23 bits per heavy atom.